The molecule has 2 aromatic rings. The molecule has 0 N–H and O–H groups in total. The van der Waals surface area contributed by atoms with Crippen LogP contribution in [-0.2, 0) is 6.54 Å². The molecule has 0 atom stereocenters. The van der Waals surface area contributed by atoms with E-state index in [9.17, 15) is 4.79 Å². The number of carbonyl (C=O) groups is 1. The summed E-state index contributed by atoms with van der Waals surface area (Å²) in [6, 6.07) is 9.19. The van der Waals surface area contributed by atoms with Gasteiger partial charge in [-0.3, -0.25) is 4.79 Å². The van der Waals surface area contributed by atoms with Gasteiger partial charge in [-0.05, 0) is 0 Å². The Bertz CT molecular complexity index is 512. The first-order valence-electron chi connectivity index (χ1n) is 5.27. The predicted octanol–water partition coefficient (Wildman–Crippen LogP) is 1.26. The number of rotatable bonds is 4. The van der Waals surface area contributed by atoms with Crippen LogP contribution in [-0.4, -0.2) is 17.9 Å². The maximum atomic E-state index is 12.0. The Morgan fingerprint density at radius 3 is 2.82 bits per heavy atom. The lowest BCUT2D eigenvalue weighted by Gasteiger charge is -2.01. The first-order valence-corrected chi connectivity index (χ1v) is 5.27. The lowest BCUT2D eigenvalue weighted by atomic mass is 10.1. The molecule has 0 saturated heterocycles. The highest BCUT2D eigenvalue weighted by Gasteiger charge is 2.16. The van der Waals surface area contributed by atoms with Gasteiger partial charge < -0.3 is 4.74 Å². The van der Waals surface area contributed by atoms with Crippen molar-refractivity contribution in [3.63, 3.8) is 0 Å². The van der Waals surface area contributed by atoms with Gasteiger partial charge in [-0.15, -0.1) is 0 Å². The van der Waals surface area contributed by atoms with Crippen LogP contribution < -0.4 is 9.30 Å². The number of aromatic nitrogens is 2. The van der Waals surface area contributed by atoms with E-state index in [2.05, 4.69) is 4.98 Å². The van der Waals surface area contributed by atoms with E-state index in [4.69, 9.17) is 4.74 Å². The molecule has 4 nitrogen and oxygen atoms in total. The van der Waals surface area contributed by atoms with Crippen molar-refractivity contribution in [1.29, 1.82) is 0 Å². The van der Waals surface area contributed by atoms with Gasteiger partial charge in [0.1, 0.15) is 6.20 Å². The van der Waals surface area contributed by atoms with Gasteiger partial charge >= 0.3 is 5.88 Å². The Balaban J connectivity index is 2.19. The van der Waals surface area contributed by atoms with Crippen molar-refractivity contribution < 1.29 is 14.1 Å². The number of benzene rings is 1. The van der Waals surface area contributed by atoms with Gasteiger partial charge in [-0.1, -0.05) is 30.3 Å². The number of ketones is 1. The maximum absolute atomic E-state index is 12.0. The molecule has 0 unspecified atom stereocenters. The van der Waals surface area contributed by atoms with E-state index in [0.29, 0.717) is 11.4 Å². The fourth-order valence-corrected chi connectivity index (χ4v) is 1.54. The zero-order valence-electron chi connectivity index (χ0n) is 9.54. The monoisotopic (exact) mass is 229 g/mol. The summed E-state index contributed by atoms with van der Waals surface area (Å²) in [6.07, 6.45) is 4.93. The molecule has 1 aromatic carbocycles. The minimum absolute atomic E-state index is 0.0418. The summed E-state index contributed by atoms with van der Waals surface area (Å²) in [5, 5.41) is 0. The van der Waals surface area contributed by atoms with Crippen LogP contribution in [0, 0.1) is 0 Å². The number of Topliss-reactive ketones (excluding diaryl/α,β-unsaturated/α-hetero) is 1. The highest BCUT2D eigenvalue weighted by Crippen LogP contribution is 2.02. The van der Waals surface area contributed by atoms with Crippen LogP contribution in [0.25, 0.3) is 0 Å². The predicted molar refractivity (Wildman–Crippen MR) is 61.8 cm³/mol. The van der Waals surface area contributed by atoms with Gasteiger partial charge in [0.05, 0.1) is 13.3 Å². The minimum atomic E-state index is 0.0418. The molecule has 2 rings (SSSR count). The Hall–Kier alpha value is -2.23. The standard InChI is InChI=1S/C13H13N2O2/c1-17-13-9-14-7-8-15(13)10-12(16)11-5-3-2-4-6-11/h2-9H,10H2,1H3/q+1. The molecular formula is C13H13N2O2+. The van der Waals surface area contributed by atoms with Crippen LogP contribution in [0.5, 0.6) is 5.88 Å². The molecule has 17 heavy (non-hydrogen) atoms. The van der Waals surface area contributed by atoms with E-state index >= 15 is 0 Å². The summed E-state index contributed by atoms with van der Waals surface area (Å²) >= 11 is 0. The van der Waals surface area contributed by atoms with Crippen molar-refractivity contribution in [1.82, 2.24) is 4.98 Å². The largest absolute Gasteiger partial charge is 0.447 e. The van der Waals surface area contributed by atoms with Crippen LogP contribution >= 0.6 is 0 Å². The van der Waals surface area contributed by atoms with Gasteiger partial charge in [0.25, 0.3) is 0 Å². The Morgan fingerprint density at radius 2 is 2.12 bits per heavy atom. The topological polar surface area (TPSA) is 43.1 Å². The van der Waals surface area contributed by atoms with Crippen molar-refractivity contribution in [3.05, 3.63) is 54.5 Å². The Kier molecular flexibility index (Phi) is 3.45. The second-order valence-corrected chi connectivity index (χ2v) is 3.54. The quantitative estimate of drug-likeness (QED) is 0.585. The van der Waals surface area contributed by atoms with Crippen LogP contribution in [0.15, 0.2) is 48.9 Å². The number of methoxy groups -OCH3 is 1. The summed E-state index contributed by atoms with van der Waals surface area (Å²) in [5.41, 5.74) is 0.693. The molecule has 0 bridgehead atoms. The van der Waals surface area contributed by atoms with Crippen molar-refractivity contribution in [2.24, 2.45) is 0 Å². The first-order chi connectivity index (χ1) is 8.31. The fourth-order valence-electron chi connectivity index (χ4n) is 1.54. The van der Waals surface area contributed by atoms with E-state index in [1.165, 1.54) is 0 Å². The Morgan fingerprint density at radius 1 is 1.35 bits per heavy atom. The fraction of sp³-hybridized carbons (Fsp3) is 0.154. The molecule has 4 heteroatoms. The van der Waals surface area contributed by atoms with Gasteiger partial charge in [0, 0.05) is 5.56 Å². The maximum Gasteiger partial charge on any atom is 0.386 e. The molecule has 0 aliphatic heterocycles. The average molecular weight is 229 g/mol. The van der Waals surface area contributed by atoms with Crippen LogP contribution in [0.3, 0.4) is 0 Å². The second kappa shape index (κ2) is 5.21. The third kappa shape index (κ3) is 2.66. The van der Waals surface area contributed by atoms with E-state index in [1.54, 1.807) is 42.4 Å². The normalized spacial score (nSPS) is 9.94. The van der Waals surface area contributed by atoms with Crippen LogP contribution in [0.2, 0.25) is 0 Å². The van der Waals surface area contributed by atoms with Crippen LogP contribution in [0.1, 0.15) is 10.4 Å². The molecule has 86 valence electrons. The summed E-state index contributed by atoms with van der Waals surface area (Å²) in [7, 11) is 1.56. The van der Waals surface area contributed by atoms with Crippen molar-refractivity contribution >= 4 is 5.78 Å². The number of ether oxygens (including phenoxy) is 1. The zero-order valence-corrected chi connectivity index (χ0v) is 9.54. The van der Waals surface area contributed by atoms with E-state index in [0.717, 1.165) is 0 Å². The van der Waals surface area contributed by atoms with E-state index < -0.39 is 0 Å². The van der Waals surface area contributed by atoms with Crippen molar-refractivity contribution in [2.75, 3.05) is 7.11 Å². The number of hydrogen-bond donors (Lipinski definition) is 0. The number of nitrogens with zero attached hydrogens (tertiary/aromatic N) is 2. The summed E-state index contributed by atoms with van der Waals surface area (Å²) in [5.74, 6) is 0.608. The van der Waals surface area contributed by atoms with Gasteiger partial charge in [-0.2, -0.15) is 4.57 Å². The molecule has 0 radical (unpaired) electrons. The highest BCUT2D eigenvalue weighted by atomic mass is 16.5. The molecule has 1 heterocycles. The van der Waals surface area contributed by atoms with Crippen molar-refractivity contribution in [3.8, 4) is 5.88 Å². The average Bonchev–Trinajstić information content (AvgIpc) is 2.40. The van der Waals surface area contributed by atoms with Gasteiger partial charge in [-0.25, -0.2) is 4.98 Å². The summed E-state index contributed by atoms with van der Waals surface area (Å²) in [6.45, 7) is 0.246. The summed E-state index contributed by atoms with van der Waals surface area (Å²) in [4.78, 5) is 15.9. The molecule has 0 fully saturated rings. The van der Waals surface area contributed by atoms with E-state index in [1.807, 2.05) is 18.2 Å². The van der Waals surface area contributed by atoms with E-state index in [-0.39, 0.29) is 12.3 Å². The molecule has 0 amide bonds. The lowest BCUT2D eigenvalue weighted by Crippen LogP contribution is -2.39. The molecular weight excluding hydrogens is 216 g/mol. The van der Waals surface area contributed by atoms with Crippen LogP contribution in [0.4, 0.5) is 0 Å². The van der Waals surface area contributed by atoms with Gasteiger partial charge in [0.15, 0.2) is 6.20 Å². The number of hydrogen-bond acceptors (Lipinski definition) is 3. The zero-order chi connectivity index (χ0) is 12.1. The third-order valence-corrected chi connectivity index (χ3v) is 2.42. The lowest BCUT2D eigenvalue weighted by molar-refractivity contribution is -0.688. The summed E-state index contributed by atoms with van der Waals surface area (Å²) < 4.78 is 6.85. The molecule has 1 aromatic heterocycles. The molecule has 0 aliphatic carbocycles. The second-order valence-electron chi connectivity index (χ2n) is 3.54. The highest BCUT2D eigenvalue weighted by molar-refractivity contribution is 5.94. The van der Waals surface area contributed by atoms with Gasteiger partial charge in [0.2, 0.25) is 12.3 Å². The van der Waals surface area contributed by atoms with Crippen molar-refractivity contribution in [2.45, 2.75) is 6.54 Å². The molecule has 0 spiro atoms. The smallest absolute Gasteiger partial charge is 0.386 e. The molecule has 0 saturated carbocycles. The number of carbonyl (C=O) groups excluding carboxylic acids is 1. The molecule has 0 aliphatic rings. The Labute approximate surface area is 99.5 Å². The third-order valence-electron chi connectivity index (χ3n) is 2.42. The minimum Gasteiger partial charge on any atom is -0.447 e. The first kappa shape index (κ1) is 11.3. The SMILES string of the molecule is COc1cncc[n+]1CC(=O)c1ccccc1.